The van der Waals surface area contributed by atoms with Crippen LogP contribution < -0.4 is 5.32 Å². The predicted molar refractivity (Wildman–Crippen MR) is 79.9 cm³/mol. The molecule has 0 fully saturated rings. The summed E-state index contributed by atoms with van der Waals surface area (Å²) in [6, 6.07) is 13.7. The summed E-state index contributed by atoms with van der Waals surface area (Å²) >= 11 is 4.51. The van der Waals surface area contributed by atoms with Crippen LogP contribution in [0.1, 0.15) is 0 Å². The third kappa shape index (κ3) is 4.36. The minimum Gasteiger partial charge on any atom is -0.325 e. The van der Waals surface area contributed by atoms with Crippen LogP contribution in [-0.4, -0.2) is 11.7 Å². The Morgan fingerprint density at radius 2 is 2.00 bits per heavy atom. The molecule has 0 radical (unpaired) electrons. The van der Waals surface area contributed by atoms with Gasteiger partial charge in [0.2, 0.25) is 5.91 Å². The molecule has 1 N–H and O–H groups in total. The number of nitrogens with one attached hydrogen (secondary N) is 1. The Balaban J connectivity index is 1.90. The number of hydrogen-bond acceptors (Lipinski definition) is 2. The zero-order valence-electron chi connectivity index (χ0n) is 9.90. The van der Waals surface area contributed by atoms with Crippen LogP contribution in [0.5, 0.6) is 0 Å². The Bertz CT molecular complexity index is 591. The van der Waals surface area contributed by atoms with Crippen LogP contribution in [-0.2, 0) is 4.79 Å². The highest BCUT2D eigenvalue weighted by Crippen LogP contribution is 2.21. The Morgan fingerprint density at radius 1 is 1.21 bits per heavy atom. The van der Waals surface area contributed by atoms with Gasteiger partial charge in [-0.25, -0.2) is 4.39 Å². The molecule has 0 heterocycles. The smallest absolute Gasteiger partial charge is 0.234 e. The van der Waals surface area contributed by atoms with Gasteiger partial charge in [-0.15, -0.1) is 11.8 Å². The van der Waals surface area contributed by atoms with E-state index in [9.17, 15) is 9.18 Å². The minimum absolute atomic E-state index is 0.161. The summed E-state index contributed by atoms with van der Waals surface area (Å²) in [6.45, 7) is 0. The molecule has 2 aromatic carbocycles. The average molecular weight is 340 g/mol. The van der Waals surface area contributed by atoms with Crippen molar-refractivity contribution in [3.8, 4) is 0 Å². The molecule has 0 atom stereocenters. The molecule has 0 bridgehead atoms. The van der Waals surface area contributed by atoms with E-state index in [-0.39, 0.29) is 17.5 Å². The van der Waals surface area contributed by atoms with Crippen LogP contribution in [0.15, 0.2) is 57.9 Å². The maximum atomic E-state index is 13.4. The number of thioether (sulfide) groups is 1. The molecule has 0 aliphatic carbocycles. The monoisotopic (exact) mass is 339 g/mol. The van der Waals surface area contributed by atoms with Gasteiger partial charge in [0.15, 0.2) is 0 Å². The van der Waals surface area contributed by atoms with E-state index in [1.807, 2.05) is 18.2 Å². The van der Waals surface area contributed by atoms with E-state index in [2.05, 4.69) is 21.2 Å². The van der Waals surface area contributed by atoms with Crippen molar-refractivity contribution in [2.75, 3.05) is 11.1 Å². The third-order valence-corrected chi connectivity index (χ3v) is 3.85. The lowest BCUT2D eigenvalue weighted by molar-refractivity contribution is -0.113. The second kappa shape index (κ2) is 6.73. The number of anilines is 1. The molecule has 19 heavy (non-hydrogen) atoms. The molecule has 2 aromatic rings. The van der Waals surface area contributed by atoms with Crippen molar-refractivity contribution in [1.29, 1.82) is 0 Å². The van der Waals surface area contributed by atoms with E-state index in [0.29, 0.717) is 10.6 Å². The van der Waals surface area contributed by atoms with Crippen molar-refractivity contribution in [2.45, 2.75) is 4.90 Å². The molecule has 0 saturated heterocycles. The summed E-state index contributed by atoms with van der Waals surface area (Å²) in [5, 5.41) is 2.76. The summed E-state index contributed by atoms with van der Waals surface area (Å²) in [6.07, 6.45) is 0. The van der Waals surface area contributed by atoms with Crippen molar-refractivity contribution >= 4 is 39.3 Å². The lowest BCUT2D eigenvalue weighted by Gasteiger charge is -2.06. The van der Waals surface area contributed by atoms with Crippen LogP contribution >= 0.6 is 27.7 Å². The van der Waals surface area contributed by atoms with E-state index in [1.165, 1.54) is 17.8 Å². The fourth-order valence-electron chi connectivity index (χ4n) is 1.47. The molecule has 98 valence electrons. The third-order valence-electron chi connectivity index (χ3n) is 2.30. The summed E-state index contributed by atoms with van der Waals surface area (Å²) in [7, 11) is 0. The lowest BCUT2D eigenvalue weighted by Crippen LogP contribution is -2.14. The maximum absolute atomic E-state index is 13.4. The van der Waals surface area contributed by atoms with Gasteiger partial charge >= 0.3 is 0 Å². The van der Waals surface area contributed by atoms with Gasteiger partial charge in [-0.3, -0.25) is 4.79 Å². The van der Waals surface area contributed by atoms with E-state index < -0.39 is 0 Å². The lowest BCUT2D eigenvalue weighted by atomic mass is 10.3. The Hall–Kier alpha value is -1.33. The van der Waals surface area contributed by atoms with Gasteiger partial charge in [-0.2, -0.15) is 0 Å². The van der Waals surface area contributed by atoms with Crippen molar-refractivity contribution in [3.05, 3.63) is 58.8 Å². The first kappa shape index (κ1) is 14.1. The molecule has 0 aliphatic rings. The van der Waals surface area contributed by atoms with Crippen LogP contribution in [0.25, 0.3) is 0 Å². The van der Waals surface area contributed by atoms with Crippen LogP contribution in [0.3, 0.4) is 0 Å². The normalized spacial score (nSPS) is 10.2. The molecule has 0 spiro atoms. The number of hydrogen-bond donors (Lipinski definition) is 1. The van der Waals surface area contributed by atoms with E-state index in [0.717, 1.165) is 4.47 Å². The first-order valence-electron chi connectivity index (χ1n) is 5.58. The number of carbonyl (C=O) groups is 1. The predicted octanol–water partition coefficient (Wildman–Crippen LogP) is 4.32. The summed E-state index contributed by atoms with van der Waals surface area (Å²) in [5.74, 6) is -0.290. The van der Waals surface area contributed by atoms with Crippen molar-refractivity contribution in [1.82, 2.24) is 0 Å². The summed E-state index contributed by atoms with van der Waals surface area (Å²) < 4.78 is 14.3. The van der Waals surface area contributed by atoms with Crippen molar-refractivity contribution in [2.24, 2.45) is 0 Å². The molecule has 0 saturated carbocycles. The molecule has 5 heteroatoms. The average Bonchev–Trinajstić information content (AvgIpc) is 2.38. The summed E-state index contributed by atoms with van der Waals surface area (Å²) in [5.41, 5.74) is 0.716. The van der Waals surface area contributed by atoms with Gasteiger partial charge in [0.1, 0.15) is 5.82 Å². The first-order valence-corrected chi connectivity index (χ1v) is 7.36. The highest BCUT2D eigenvalue weighted by atomic mass is 79.9. The number of halogens is 2. The van der Waals surface area contributed by atoms with Crippen molar-refractivity contribution < 1.29 is 9.18 Å². The zero-order valence-corrected chi connectivity index (χ0v) is 12.3. The fourth-order valence-corrected chi connectivity index (χ4v) is 2.61. The Labute approximate surface area is 123 Å². The fraction of sp³-hybridized carbons (Fsp3) is 0.0714. The minimum atomic E-state index is -0.303. The van der Waals surface area contributed by atoms with Gasteiger partial charge in [0.05, 0.1) is 5.75 Å². The quantitative estimate of drug-likeness (QED) is 0.840. The van der Waals surface area contributed by atoms with Gasteiger partial charge in [0.25, 0.3) is 0 Å². The molecule has 2 nitrogen and oxygen atoms in total. The van der Waals surface area contributed by atoms with Gasteiger partial charge in [-0.1, -0.05) is 34.1 Å². The molecule has 0 aliphatic heterocycles. The number of rotatable bonds is 4. The highest BCUT2D eigenvalue weighted by Gasteiger charge is 2.06. The maximum Gasteiger partial charge on any atom is 0.234 e. The first-order chi connectivity index (χ1) is 9.15. The molecule has 0 aromatic heterocycles. The molecular weight excluding hydrogens is 329 g/mol. The molecular formula is C14H11BrFNOS. The standard InChI is InChI=1S/C14H11BrFNOS/c15-10-4-3-5-11(8-10)17-14(18)9-19-13-7-2-1-6-12(13)16/h1-8H,9H2,(H,17,18). The van der Waals surface area contributed by atoms with Crippen LogP contribution in [0.4, 0.5) is 10.1 Å². The van der Waals surface area contributed by atoms with Gasteiger partial charge < -0.3 is 5.32 Å². The SMILES string of the molecule is O=C(CSc1ccccc1F)Nc1cccc(Br)c1. The molecule has 1 amide bonds. The number of carbonyl (C=O) groups excluding carboxylic acids is 1. The van der Waals surface area contributed by atoms with E-state index >= 15 is 0 Å². The largest absolute Gasteiger partial charge is 0.325 e. The molecule has 0 unspecified atom stereocenters. The second-order valence-corrected chi connectivity index (χ2v) is 5.71. The Kier molecular flexibility index (Phi) is 4.99. The zero-order chi connectivity index (χ0) is 13.7. The number of amides is 1. The van der Waals surface area contributed by atoms with Gasteiger partial charge in [-0.05, 0) is 30.3 Å². The van der Waals surface area contributed by atoms with Crippen LogP contribution in [0.2, 0.25) is 0 Å². The van der Waals surface area contributed by atoms with E-state index in [1.54, 1.807) is 24.3 Å². The topological polar surface area (TPSA) is 29.1 Å². The second-order valence-electron chi connectivity index (χ2n) is 3.78. The highest BCUT2D eigenvalue weighted by molar-refractivity contribution is 9.10. The van der Waals surface area contributed by atoms with Gasteiger partial charge in [0, 0.05) is 15.1 Å². The Morgan fingerprint density at radius 3 is 2.74 bits per heavy atom. The number of benzene rings is 2. The van der Waals surface area contributed by atoms with Crippen molar-refractivity contribution in [3.63, 3.8) is 0 Å². The van der Waals surface area contributed by atoms with Crippen LogP contribution in [0, 0.1) is 5.82 Å². The molecule has 2 rings (SSSR count). The van der Waals surface area contributed by atoms with E-state index in [4.69, 9.17) is 0 Å². The summed E-state index contributed by atoms with van der Waals surface area (Å²) in [4.78, 5) is 12.2.